The number of aryl methyl sites for hydroxylation is 1. The molecule has 0 bridgehead atoms. The number of halogens is 2. The van der Waals surface area contributed by atoms with Crippen LogP contribution in [0.1, 0.15) is 5.69 Å². The topological polar surface area (TPSA) is 68.4 Å². The van der Waals surface area contributed by atoms with Crippen molar-refractivity contribution in [2.75, 3.05) is 38.2 Å². The van der Waals surface area contributed by atoms with Gasteiger partial charge in [-0.2, -0.15) is 5.10 Å². The summed E-state index contributed by atoms with van der Waals surface area (Å²) in [5, 5.41) is 5.65. The van der Waals surface area contributed by atoms with Gasteiger partial charge in [0.15, 0.2) is 5.82 Å². The number of amides is 1. The van der Waals surface area contributed by atoms with Crippen molar-refractivity contribution in [2.24, 2.45) is 7.05 Å². The molecule has 10 heteroatoms. The fourth-order valence-corrected chi connectivity index (χ4v) is 4.12. The molecule has 1 saturated heterocycles. The Kier molecular flexibility index (Phi) is 6.11. The molecule has 2 aromatic heterocycles. The van der Waals surface area contributed by atoms with Crippen LogP contribution in [0.5, 0.6) is 5.75 Å². The molecule has 3 aromatic rings. The Morgan fingerprint density at radius 1 is 1.19 bits per heavy atom. The van der Waals surface area contributed by atoms with Gasteiger partial charge >= 0.3 is 0 Å². The molecule has 8 nitrogen and oxygen atoms in total. The van der Waals surface area contributed by atoms with Crippen LogP contribution in [0, 0.1) is 6.92 Å². The fraction of sp³-hybridized carbons (Fsp3) is 0.381. The van der Waals surface area contributed by atoms with E-state index in [1.165, 1.54) is 0 Å². The van der Waals surface area contributed by atoms with Crippen LogP contribution in [0.15, 0.2) is 30.6 Å². The maximum Gasteiger partial charge on any atom is 0.244 e. The number of imidazole rings is 1. The van der Waals surface area contributed by atoms with Crippen molar-refractivity contribution in [1.29, 1.82) is 0 Å². The quantitative estimate of drug-likeness (QED) is 0.581. The Morgan fingerprint density at radius 2 is 1.94 bits per heavy atom. The highest BCUT2D eigenvalue weighted by Crippen LogP contribution is 2.30. The Hall–Kier alpha value is -2.71. The molecule has 0 radical (unpaired) electrons. The summed E-state index contributed by atoms with van der Waals surface area (Å²) < 4.78 is 8.82. The van der Waals surface area contributed by atoms with Gasteiger partial charge in [-0.25, -0.2) is 4.98 Å². The number of rotatable bonds is 5. The van der Waals surface area contributed by atoms with E-state index in [4.69, 9.17) is 27.9 Å². The third-order valence-electron chi connectivity index (χ3n) is 5.58. The lowest BCUT2D eigenvalue weighted by Crippen LogP contribution is -2.49. The van der Waals surface area contributed by atoms with E-state index in [-0.39, 0.29) is 12.5 Å². The number of benzene rings is 1. The Morgan fingerprint density at radius 3 is 2.58 bits per heavy atom. The zero-order chi connectivity index (χ0) is 22.1. The van der Waals surface area contributed by atoms with E-state index in [1.807, 2.05) is 47.8 Å². The lowest BCUT2D eigenvalue weighted by molar-refractivity contribution is -0.132. The molecule has 4 rings (SSSR count). The lowest BCUT2D eigenvalue weighted by atomic mass is 10.2. The highest BCUT2D eigenvalue weighted by atomic mass is 35.5. The molecule has 1 amide bonds. The summed E-state index contributed by atoms with van der Waals surface area (Å²) >= 11 is 12.6. The van der Waals surface area contributed by atoms with E-state index < -0.39 is 0 Å². The minimum atomic E-state index is 0.0157. The summed E-state index contributed by atoms with van der Waals surface area (Å²) in [6, 6.07) is 5.72. The van der Waals surface area contributed by atoms with Gasteiger partial charge in [-0.3, -0.25) is 9.48 Å². The monoisotopic (exact) mass is 462 g/mol. The van der Waals surface area contributed by atoms with Crippen molar-refractivity contribution >= 4 is 34.8 Å². The van der Waals surface area contributed by atoms with E-state index in [0.29, 0.717) is 40.4 Å². The van der Waals surface area contributed by atoms with Crippen molar-refractivity contribution < 1.29 is 9.53 Å². The molecule has 0 atom stereocenters. The van der Waals surface area contributed by atoms with Crippen LogP contribution in [-0.4, -0.2) is 63.4 Å². The third-order valence-corrected chi connectivity index (χ3v) is 6.35. The summed E-state index contributed by atoms with van der Waals surface area (Å²) in [6.07, 6.45) is 3.53. The number of piperazine rings is 1. The van der Waals surface area contributed by atoms with Crippen LogP contribution < -0.4 is 9.64 Å². The molecule has 1 aromatic carbocycles. The van der Waals surface area contributed by atoms with Gasteiger partial charge in [0.1, 0.15) is 18.0 Å². The second-order valence-electron chi connectivity index (χ2n) is 7.45. The predicted molar refractivity (Wildman–Crippen MR) is 121 cm³/mol. The molecule has 31 heavy (non-hydrogen) atoms. The molecule has 1 aliphatic rings. The first-order chi connectivity index (χ1) is 14.9. The highest BCUT2D eigenvalue weighted by Gasteiger charge is 2.24. The van der Waals surface area contributed by atoms with Gasteiger partial charge in [-0.05, 0) is 19.1 Å². The molecule has 0 aliphatic carbocycles. The van der Waals surface area contributed by atoms with Crippen molar-refractivity contribution in [3.8, 4) is 17.3 Å². The third kappa shape index (κ3) is 4.22. The van der Waals surface area contributed by atoms with Gasteiger partial charge in [0, 0.05) is 57.4 Å². The van der Waals surface area contributed by atoms with Gasteiger partial charge in [-0.1, -0.05) is 23.2 Å². The maximum absolute atomic E-state index is 12.9. The number of nitrogens with zero attached hydrogens (tertiary/aromatic N) is 6. The van der Waals surface area contributed by atoms with Crippen LogP contribution in [0.3, 0.4) is 0 Å². The first kappa shape index (κ1) is 21.5. The van der Waals surface area contributed by atoms with Gasteiger partial charge < -0.3 is 19.1 Å². The van der Waals surface area contributed by atoms with Crippen LogP contribution in [0.2, 0.25) is 10.0 Å². The first-order valence-electron chi connectivity index (χ1n) is 9.96. The zero-order valence-corrected chi connectivity index (χ0v) is 19.2. The smallest absolute Gasteiger partial charge is 0.244 e. The molecule has 1 aliphatic heterocycles. The molecule has 164 valence electrons. The Labute approximate surface area is 190 Å². The largest absolute Gasteiger partial charge is 0.495 e. The SMILES string of the molecule is COc1cc(N2CCN(C(=O)Cn3nc(-c4nccn4C)c(Cl)c3C)CC2)ccc1Cl. The summed E-state index contributed by atoms with van der Waals surface area (Å²) in [7, 11) is 3.48. The Balaban J connectivity index is 1.41. The van der Waals surface area contributed by atoms with Crippen molar-refractivity contribution in [1.82, 2.24) is 24.2 Å². The molecular weight excluding hydrogens is 439 g/mol. The second kappa shape index (κ2) is 8.80. The van der Waals surface area contributed by atoms with Gasteiger partial charge in [0.2, 0.25) is 5.91 Å². The summed E-state index contributed by atoms with van der Waals surface area (Å²) in [4.78, 5) is 21.3. The number of hydrogen-bond donors (Lipinski definition) is 0. The average Bonchev–Trinajstić information content (AvgIpc) is 3.32. The van der Waals surface area contributed by atoms with Crippen LogP contribution in [-0.2, 0) is 18.4 Å². The van der Waals surface area contributed by atoms with Crippen LogP contribution >= 0.6 is 23.2 Å². The van der Waals surface area contributed by atoms with E-state index >= 15 is 0 Å². The summed E-state index contributed by atoms with van der Waals surface area (Å²) in [6.45, 7) is 4.72. The molecule has 3 heterocycles. The number of anilines is 1. The van der Waals surface area contributed by atoms with E-state index in [9.17, 15) is 4.79 Å². The van der Waals surface area contributed by atoms with E-state index in [1.54, 1.807) is 18.0 Å². The molecule has 1 fully saturated rings. The molecular formula is C21H24Cl2N6O2. The number of carbonyl (C=O) groups is 1. The average molecular weight is 463 g/mol. The fourth-order valence-electron chi connectivity index (χ4n) is 3.70. The minimum Gasteiger partial charge on any atom is -0.495 e. The molecule has 0 spiro atoms. The number of aromatic nitrogens is 4. The Bertz CT molecular complexity index is 1100. The zero-order valence-electron chi connectivity index (χ0n) is 17.7. The van der Waals surface area contributed by atoms with E-state index in [2.05, 4.69) is 15.0 Å². The second-order valence-corrected chi connectivity index (χ2v) is 8.24. The highest BCUT2D eigenvalue weighted by molar-refractivity contribution is 6.33. The molecule has 0 N–H and O–H groups in total. The van der Waals surface area contributed by atoms with Gasteiger partial charge in [0.05, 0.1) is 22.8 Å². The predicted octanol–water partition coefficient (Wildman–Crippen LogP) is 3.26. The lowest BCUT2D eigenvalue weighted by Gasteiger charge is -2.36. The normalized spacial score (nSPS) is 14.2. The van der Waals surface area contributed by atoms with Crippen molar-refractivity contribution in [2.45, 2.75) is 13.5 Å². The minimum absolute atomic E-state index is 0.0157. The van der Waals surface area contributed by atoms with Crippen LogP contribution in [0.4, 0.5) is 5.69 Å². The summed E-state index contributed by atoms with van der Waals surface area (Å²) in [5.74, 6) is 1.33. The number of hydrogen-bond acceptors (Lipinski definition) is 5. The molecule has 0 saturated carbocycles. The van der Waals surface area contributed by atoms with Crippen molar-refractivity contribution in [3.63, 3.8) is 0 Å². The van der Waals surface area contributed by atoms with Gasteiger partial charge in [-0.15, -0.1) is 0 Å². The maximum atomic E-state index is 12.9. The number of ether oxygens (including phenoxy) is 1. The summed E-state index contributed by atoms with van der Waals surface area (Å²) in [5.41, 5.74) is 2.36. The number of methoxy groups -OCH3 is 1. The molecule has 0 unspecified atom stereocenters. The first-order valence-corrected chi connectivity index (χ1v) is 10.7. The van der Waals surface area contributed by atoms with Gasteiger partial charge in [0.25, 0.3) is 0 Å². The standard InChI is InChI=1S/C21H24Cl2N6O2/c1-14-19(23)20(21-24-6-7-26(21)2)25-29(14)13-18(30)28-10-8-27(9-11-28)15-4-5-16(22)17(12-15)31-3/h4-7,12H,8-11,13H2,1-3H3. The number of carbonyl (C=O) groups excluding carboxylic acids is 1. The van der Waals surface area contributed by atoms with E-state index in [0.717, 1.165) is 24.5 Å². The van der Waals surface area contributed by atoms with Crippen LogP contribution in [0.25, 0.3) is 11.5 Å². The van der Waals surface area contributed by atoms with Crippen molar-refractivity contribution in [3.05, 3.63) is 46.3 Å².